The summed E-state index contributed by atoms with van der Waals surface area (Å²) in [6, 6.07) is -0.985. The van der Waals surface area contributed by atoms with Crippen LogP contribution in [-0.2, 0) is 14.3 Å². The molecule has 63 heavy (non-hydrogen) atoms. The van der Waals surface area contributed by atoms with Crippen molar-refractivity contribution in [1.82, 2.24) is 5.32 Å². The van der Waals surface area contributed by atoms with Gasteiger partial charge in [0.1, 0.15) is 30.5 Å². The second-order valence-corrected chi connectivity index (χ2v) is 19.5. The lowest BCUT2D eigenvalue weighted by atomic mass is 9.98. The van der Waals surface area contributed by atoms with Gasteiger partial charge in [-0.2, -0.15) is 0 Å². The summed E-state index contributed by atoms with van der Waals surface area (Å²) in [7, 11) is 0. The highest BCUT2D eigenvalue weighted by Crippen LogP contribution is 2.23. The summed E-state index contributed by atoms with van der Waals surface area (Å²) in [6.07, 6.45) is 39.7. The van der Waals surface area contributed by atoms with Gasteiger partial charge < -0.3 is 45.4 Å². The number of amides is 1. The van der Waals surface area contributed by atoms with Crippen LogP contribution in [-0.4, -0.2) is 98.7 Å². The van der Waals surface area contributed by atoms with Crippen LogP contribution in [0.3, 0.4) is 0 Å². The van der Waals surface area contributed by atoms with Crippen LogP contribution in [0.25, 0.3) is 0 Å². The summed E-state index contributed by atoms with van der Waals surface area (Å²) in [5.41, 5.74) is 0. The van der Waals surface area contributed by atoms with Crippen LogP contribution in [0.4, 0.5) is 0 Å². The first-order valence-corrected chi connectivity index (χ1v) is 27.3. The van der Waals surface area contributed by atoms with Crippen molar-refractivity contribution in [2.45, 2.75) is 320 Å². The summed E-state index contributed by atoms with van der Waals surface area (Å²) >= 11 is 0. The lowest BCUT2D eigenvalue weighted by Crippen LogP contribution is -2.60. The van der Waals surface area contributed by atoms with E-state index in [9.17, 15) is 35.4 Å². The van der Waals surface area contributed by atoms with Crippen molar-refractivity contribution in [3.8, 4) is 0 Å². The lowest BCUT2D eigenvalue weighted by molar-refractivity contribution is -0.303. The molecule has 1 rings (SSSR count). The number of nitrogens with one attached hydrogen (secondary N) is 1. The van der Waals surface area contributed by atoms with Crippen LogP contribution in [0.2, 0.25) is 0 Å². The van der Waals surface area contributed by atoms with E-state index in [1.807, 2.05) is 0 Å². The van der Waals surface area contributed by atoms with E-state index in [1.165, 1.54) is 205 Å². The highest BCUT2D eigenvalue weighted by atomic mass is 16.7. The van der Waals surface area contributed by atoms with Crippen molar-refractivity contribution in [1.29, 1.82) is 0 Å². The van der Waals surface area contributed by atoms with Gasteiger partial charge in [-0.3, -0.25) is 4.79 Å². The van der Waals surface area contributed by atoms with Crippen molar-refractivity contribution in [3.05, 3.63) is 0 Å². The fourth-order valence-electron chi connectivity index (χ4n) is 9.14. The monoisotopic (exact) mass is 900 g/mol. The third-order valence-electron chi connectivity index (χ3n) is 13.6. The Balaban J connectivity index is 2.26. The number of hydrogen-bond donors (Lipinski definition) is 7. The van der Waals surface area contributed by atoms with E-state index in [-0.39, 0.29) is 18.9 Å². The molecule has 8 atom stereocenters. The molecule has 376 valence electrons. The van der Waals surface area contributed by atoms with Gasteiger partial charge >= 0.3 is 0 Å². The van der Waals surface area contributed by atoms with Gasteiger partial charge in [-0.15, -0.1) is 0 Å². The first-order chi connectivity index (χ1) is 30.8. The molecule has 1 aliphatic heterocycles. The predicted molar refractivity (Wildman–Crippen MR) is 260 cm³/mol. The van der Waals surface area contributed by atoms with E-state index in [4.69, 9.17) is 9.47 Å². The van der Waals surface area contributed by atoms with E-state index < -0.39 is 55.6 Å². The number of rotatable bonds is 47. The van der Waals surface area contributed by atoms with Crippen molar-refractivity contribution >= 4 is 5.91 Å². The summed E-state index contributed by atoms with van der Waals surface area (Å²) in [5, 5.41) is 65.4. The Kier molecular flexibility index (Phi) is 41.7. The van der Waals surface area contributed by atoms with Crippen LogP contribution in [0.15, 0.2) is 0 Å². The number of hydrogen-bond acceptors (Lipinski definition) is 9. The Labute approximate surface area is 387 Å². The molecule has 0 aromatic carbocycles. The van der Waals surface area contributed by atoms with Crippen molar-refractivity contribution in [2.24, 2.45) is 0 Å². The smallest absolute Gasteiger partial charge is 0.220 e. The number of unbranched alkanes of at least 4 members (excludes halogenated alkanes) is 36. The molecule has 0 radical (unpaired) electrons. The van der Waals surface area contributed by atoms with Gasteiger partial charge in [0.15, 0.2) is 6.29 Å². The normalized spacial score (nSPS) is 20.5. The number of aliphatic hydroxyl groups excluding tert-OH is 6. The lowest BCUT2D eigenvalue weighted by Gasteiger charge is -2.40. The molecule has 10 nitrogen and oxygen atoms in total. The van der Waals surface area contributed by atoms with Gasteiger partial charge in [0.05, 0.1) is 25.4 Å². The fraction of sp³-hybridized carbons (Fsp3) is 0.981. The zero-order valence-electron chi connectivity index (χ0n) is 41.2. The highest BCUT2D eigenvalue weighted by molar-refractivity contribution is 5.76. The molecule has 7 N–H and O–H groups in total. The fourth-order valence-corrected chi connectivity index (χ4v) is 9.14. The third-order valence-corrected chi connectivity index (χ3v) is 13.6. The zero-order valence-corrected chi connectivity index (χ0v) is 41.2. The van der Waals surface area contributed by atoms with E-state index in [0.717, 1.165) is 38.5 Å². The van der Waals surface area contributed by atoms with Gasteiger partial charge in [0.25, 0.3) is 0 Å². The highest BCUT2D eigenvalue weighted by Gasteiger charge is 2.44. The van der Waals surface area contributed by atoms with Gasteiger partial charge in [-0.25, -0.2) is 0 Å². The number of ether oxygens (including phenoxy) is 2. The minimum Gasteiger partial charge on any atom is -0.394 e. The van der Waals surface area contributed by atoms with Crippen molar-refractivity contribution in [3.63, 3.8) is 0 Å². The molecule has 1 saturated heterocycles. The molecule has 0 saturated carbocycles. The summed E-state index contributed by atoms with van der Waals surface area (Å²) in [5.74, 6) is -0.251. The predicted octanol–water partition coefficient (Wildman–Crippen LogP) is 11.7. The average Bonchev–Trinajstić information content (AvgIpc) is 3.28. The Morgan fingerprint density at radius 1 is 0.492 bits per heavy atom. The molecule has 0 aromatic heterocycles. The summed E-state index contributed by atoms with van der Waals surface area (Å²) < 4.78 is 11.2. The molecule has 0 bridgehead atoms. The van der Waals surface area contributed by atoms with Crippen LogP contribution in [0.5, 0.6) is 0 Å². The molecule has 1 fully saturated rings. The third kappa shape index (κ3) is 33.3. The number of carbonyl (C=O) groups excluding carboxylic acids is 1. The van der Waals surface area contributed by atoms with Crippen molar-refractivity contribution < 1.29 is 44.9 Å². The van der Waals surface area contributed by atoms with Gasteiger partial charge in [0.2, 0.25) is 5.91 Å². The molecule has 0 spiro atoms. The first kappa shape index (κ1) is 60.2. The van der Waals surface area contributed by atoms with E-state index in [2.05, 4.69) is 19.2 Å². The largest absolute Gasteiger partial charge is 0.394 e. The van der Waals surface area contributed by atoms with E-state index >= 15 is 0 Å². The van der Waals surface area contributed by atoms with Crippen LogP contribution < -0.4 is 5.32 Å². The summed E-state index contributed by atoms with van der Waals surface area (Å²) in [6.45, 7) is 3.65. The van der Waals surface area contributed by atoms with E-state index in [1.54, 1.807) is 0 Å². The molecule has 10 heteroatoms. The van der Waals surface area contributed by atoms with Crippen LogP contribution in [0.1, 0.15) is 271 Å². The molecule has 0 aromatic rings. The second-order valence-electron chi connectivity index (χ2n) is 19.5. The Hall–Kier alpha value is -0.850. The Morgan fingerprint density at radius 2 is 0.825 bits per heavy atom. The minimum absolute atomic E-state index is 0.251. The molecular weight excluding hydrogens is 795 g/mol. The summed E-state index contributed by atoms with van der Waals surface area (Å²) in [4.78, 5) is 13.1. The molecule has 2 unspecified atom stereocenters. The maximum Gasteiger partial charge on any atom is 0.220 e. The Bertz CT molecular complexity index is 973. The molecule has 1 aliphatic rings. The van der Waals surface area contributed by atoms with Crippen LogP contribution >= 0.6 is 0 Å². The maximum atomic E-state index is 13.1. The molecular formula is C53H105NO9. The topological polar surface area (TPSA) is 169 Å². The van der Waals surface area contributed by atoms with Crippen molar-refractivity contribution in [2.75, 3.05) is 13.2 Å². The first-order valence-electron chi connectivity index (χ1n) is 27.3. The quantitative estimate of drug-likeness (QED) is 0.0294. The van der Waals surface area contributed by atoms with Gasteiger partial charge in [-0.1, -0.05) is 251 Å². The SMILES string of the molecule is CCCCCCCCCCCCCCCCCCCCCCCCCC(=O)N[C@@H](CO[C@@H]1O[C@H](CO)[C@@H](O)C(O)C1O)[C@H](O)[C@H](O)CCCCCCCCCCCCCCCCC. The average molecular weight is 900 g/mol. The van der Waals surface area contributed by atoms with Gasteiger partial charge in [-0.05, 0) is 12.8 Å². The molecule has 0 aliphatic carbocycles. The van der Waals surface area contributed by atoms with E-state index in [0.29, 0.717) is 6.42 Å². The molecule has 1 amide bonds. The minimum atomic E-state index is -1.60. The van der Waals surface area contributed by atoms with Crippen LogP contribution in [0, 0.1) is 0 Å². The zero-order chi connectivity index (χ0) is 46.0. The standard InChI is InChI=1S/C53H105NO9/c1-3-5-7-9-11-13-15-17-19-20-21-22-23-24-25-26-28-30-32-34-36-38-40-42-48(57)54-45(44-62-53-52(61)51(60)50(59)47(43-55)63-53)49(58)46(56)41-39-37-35-33-31-29-27-18-16-14-12-10-8-6-4-2/h45-47,49-53,55-56,58-61H,3-44H2,1-2H3,(H,54,57)/t45-,46+,47+,49-,50+,51?,52?,53+/m0/s1. The number of carbonyl (C=O) groups is 1. The Morgan fingerprint density at radius 3 is 1.17 bits per heavy atom. The van der Waals surface area contributed by atoms with Gasteiger partial charge in [0, 0.05) is 6.42 Å². The molecule has 1 heterocycles. The number of aliphatic hydroxyl groups is 6. The maximum absolute atomic E-state index is 13.1. The second kappa shape index (κ2) is 43.7.